The summed E-state index contributed by atoms with van der Waals surface area (Å²) in [6, 6.07) is 0. The van der Waals surface area contributed by atoms with Crippen LogP contribution in [0.4, 0.5) is 0 Å². The van der Waals surface area contributed by atoms with Crippen LogP contribution in [0.1, 0.15) is 46.5 Å². The SMILES string of the molecule is CCC(C)(C)N1CCCCC1=O. The quantitative estimate of drug-likeness (QED) is 0.620. The highest BCUT2D eigenvalue weighted by Crippen LogP contribution is 2.23. The predicted molar refractivity (Wildman–Crippen MR) is 49.9 cm³/mol. The second kappa shape index (κ2) is 3.46. The molecule has 1 heterocycles. The maximum Gasteiger partial charge on any atom is 0.223 e. The van der Waals surface area contributed by atoms with Gasteiger partial charge in [-0.2, -0.15) is 0 Å². The van der Waals surface area contributed by atoms with Gasteiger partial charge < -0.3 is 4.90 Å². The topological polar surface area (TPSA) is 20.3 Å². The molecule has 0 saturated carbocycles. The van der Waals surface area contributed by atoms with Crippen LogP contribution >= 0.6 is 0 Å². The number of hydrogen-bond donors (Lipinski definition) is 0. The van der Waals surface area contributed by atoms with E-state index in [4.69, 9.17) is 0 Å². The van der Waals surface area contributed by atoms with E-state index in [2.05, 4.69) is 20.8 Å². The van der Waals surface area contributed by atoms with Crippen molar-refractivity contribution in [2.45, 2.75) is 52.0 Å². The highest BCUT2D eigenvalue weighted by molar-refractivity contribution is 5.77. The van der Waals surface area contributed by atoms with Crippen molar-refractivity contribution >= 4 is 5.91 Å². The number of likely N-dealkylation sites (tertiary alicyclic amines) is 1. The molecule has 1 amide bonds. The molecule has 0 atom stereocenters. The molecule has 0 unspecified atom stereocenters. The van der Waals surface area contributed by atoms with Crippen LogP contribution in [0.25, 0.3) is 0 Å². The molecule has 0 bridgehead atoms. The maximum atomic E-state index is 11.5. The monoisotopic (exact) mass is 169 g/mol. The third kappa shape index (κ3) is 1.79. The van der Waals surface area contributed by atoms with Gasteiger partial charge in [0.2, 0.25) is 5.91 Å². The van der Waals surface area contributed by atoms with E-state index >= 15 is 0 Å². The zero-order valence-electron chi connectivity index (χ0n) is 8.39. The summed E-state index contributed by atoms with van der Waals surface area (Å²) < 4.78 is 0. The second-order valence-electron chi connectivity index (χ2n) is 4.17. The van der Waals surface area contributed by atoms with Crippen LogP contribution in [0, 0.1) is 0 Å². The van der Waals surface area contributed by atoms with Gasteiger partial charge in [0.05, 0.1) is 0 Å². The molecule has 2 nitrogen and oxygen atoms in total. The van der Waals surface area contributed by atoms with Gasteiger partial charge in [-0.25, -0.2) is 0 Å². The van der Waals surface area contributed by atoms with Crippen molar-refractivity contribution < 1.29 is 4.79 Å². The molecule has 0 spiro atoms. The average molecular weight is 169 g/mol. The van der Waals surface area contributed by atoms with Crippen LogP contribution in [0.15, 0.2) is 0 Å². The van der Waals surface area contributed by atoms with Gasteiger partial charge in [-0.3, -0.25) is 4.79 Å². The Morgan fingerprint density at radius 1 is 1.42 bits per heavy atom. The standard InChI is InChI=1S/C10H19NO/c1-4-10(2,3)11-8-6-5-7-9(11)12/h4-8H2,1-3H3. The lowest BCUT2D eigenvalue weighted by Gasteiger charge is -2.40. The first-order valence-corrected chi connectivity index (χ1v) is 4.88. The molecule has 1 aliphatic heterocycles. The summed E-state index contributed by atoms with van der Waals surface area (Å²) in [6.07, 6.45) is 4.05. The van der Waals surface area contributed by atoms with E-state index in [0.29, 0.717) is 5.91 Å². The van der Waals surface area contributed by atoms with Crippen molar-refractivity contribution in [3.63, 3.8) is 0 Å². The first-order chi connectivity index (χ1) is 5.58. The predicted octanol–water partition coefficient (Wildman–Crippen LogP) is 2.19. The number of carbonyl (C=O) groups excluding carboxylic acids is 1. The summed E-state index contributed by atoms with van der Waals surface area (Å²) in [7, 11) is 0. The lowest BCUT2D eigenvalue weighted by molar-refractivity contribution is -0.139. The number of amides is 1. The third-order valence-corrected chi connectivity index (χ3v) is 2.92. The van der Waals surface area contributed by atoms with Gasteiger partial charge in [-0.1, -0.05) is 6.92 Å². The van der Waals surface area contributed by atoms with Crippen LogP contribution in [0.5, 0.6) is 0 Å². The Kier molecular flexibility index (Phi) is 2.76. The number of rotatable bonds is 2. The molecule has 1 saturated heterocycles. The molecule has 12 heavy (non-hydrogen) atoms. The fourth-order valence-corrected chi connectivity index (χ4v) is 1.64. The largest absolute Gasteiger partial charge is 0.338 e. The number of carbonyl (C=O) groups is 1. The molecule has 2 heteroatoms. The van der Waals surface area contributed by atoms with Crippen molar-refractivity contribution in [1.29, 1.82) is 0 Å². The Labute approximate surface area is 74.9 Å². The molecule has 0 aromatic rings. The Bertz CT molecular complexity index is 175. The Hall–Kier alpha value is -0.530. The molecule has 1 aliphatic rings. The summed E-state index contributed by atoms with van der Waals surface area (Å²) in [5.74, 6) is 0.341. The zero-order valence-corrected chi connectivity index (χ0v) is 8.39. The minimum Gasteiger partial charge on any atom is -0.338 e. The van der Waals surface area contributed by atoms with Crippen molar-refractivity contribution in [3.05, 3.63) is 0 Å². The Morgan fingerprint density at radius 2 is 2.08 bits per heavy atom. The zero-order chi connectivity index (χ0) is 9.19. The molecule has 0 aromatic carbocycles. The fraction of sp³-hybridized carbons (Fsp3) is 0.900. The normalized spacial score (nSPS) is 19.9. The lowest BCUT2D eigenvalue weighted by Crippen LogP contribution is -2.49. The van der Waals surface area contributed by atoms with E-state index in [1.165, 1.54) is 6.42 Å². The van der Waals surface area contributed by atoms with Crippen molar-refractivity contribution in [1.82, 2.24) is 4.90 Å². The highest BCUT2D eigenvalue weighted by Gasteiger charge is 2.30. The minimum atomic E-state index is 0.0670. The van der Waals surface area contributed by atoms with E-state index in [1.54, 1.807) is 0 Å². The summed E-state index contributed by atoms with van der Waals surface area (Å²) in [4.78, 5) is 13.6. The van der Waals surface area contributed by atoms with Gasteiger partial charge in [-0.15, -0.1) is 0 Å². The van der Waals surface area contributed by atoms with E-state index < -0.39 is 0 Å². The third-order valence-electron chi connectivity index (χ3n) is 2.92. The highest BCUT2D eigenvalue weighted by atomic mass is 16.2. The first kappa shape index (κ1) is 9.56. The second-order valence-corrected chi connectivity index (χ2v) is 4.17. The fourth-order valence-electron chi connectivity index (χ4n) is 1.64. The molecule has 0 aliphatic carbocycles. The molecule has 70 valence electrons. The van der Waals surface area contributed by atoms with Gasteiger partial charge in [-0.05, 0) is 33.1 Å². The van der Waals surface area contributed by atoms with Gasteiger partial charge >= 0.3 is 0 Å². The minimum absolute atomic E-state index is 0.0670. The van der Waals surface area contributed by atoms with E-state index in [-0.39, 0.29) is 5.54 Å². The van der Waals surface area contributed by atoms with E-state index in [9.17, 15) is 4.79 Å². The summed E-state index contributed by atoms with van der Waals surface area (Å²) >= 11 is 0. The molecule has 0 N–H and O–H groups in total. The maximum absolute atomic E-state index is 11.5. The summed E-state index contributed by atoms with van der Waals surface area (Å²) in [6.45, 7) is 7.40. The summed E-state index contributed by atoms with van der Waals surface area (Å²) in [5.41, 5.74) is 0.0670. The molecular formula is C10H19NO. The molecule has 1 fully saturated rings. The smallest absolute Gasteiger partial charge is 0.223 e. The van der Waals surface area contributed by atoms with E-state index in [1.807, 2.05) is 4.90 Å². The van der Waals surface area contributed by atoms with Crippen LogP contribution in [0.2, 0.25) is 0 Å². The Morgan fingerprint density at radius 3 is 2.58 bits per heavy atom. The molecule has 0 aromatic heterocycles. The van der Waals surface area contributed by atoms with Crippen molar-refractivity contribution in [2.24, 2.45) is 0 Å². The number of hydrogen-bond acceptors (Lipinski definition) is 1. The van der Waals surface area contributed by atoms with Crippen LogP contribution in [-0.4, -0.2) is 22.9 Å². The van der Waals surface area contributed by atoms with Gasteiger partial charge in [0.25, 0.3) is 0 Å². The van der Waals surface area contributed by atoms with Gasteiger partial charge in [0, 0.05) is 18.5 Å². The van der Waals surface area contributed by atoms with Crippen molar-refractivity contribution in [3.8, 4) is 0 Å². The van der Waals surface area contributed by atoms with Crippen LogP contribution in [-0.2, 0) is 4.79 Å². The van der Waals surface area contributed by atoms with Gasteiger partial charge in [0.1, 0.15) is 0 Å². The summed E-state index contributed by atoms with van der Waals surface area (Å²) in [5, 5.41) is 0. The lowest BCUT2D eigenvalue weighted by atomic mass is 9.95. The molecular weight excluding hydrogens is 150 g/mol. The van der Waals surface area contributed by atoms with Gasteiger partial charge in [0.15, 0.2) is 0 Å². The molecule has 0 radical (unpaired) electrons. The first-order valence-electron chi connectivity index (χ1n) is 4.88. The number of piperidine rings is 1. The number of nitrogens with zero attached hydrogens (tertiary/aromatic N) is 1. The average Bonchev–Trinajstić information content (AvgIpc) is 2.05. The van der Waals surface area contributed by atoms with Crippen molar-refractivity contribution in [2.75, 3.05) is 6.54 Å². The van der Waals surface area contributed by atoms with Crippen LogP contribution in [0.3, 0.4) is 0 Å². The Balaban J connectivity index is 2.65. The van der Waals surface area contributed by atoms with E-state index in [0.717, 1.165) is 25.8 Å². The molecule has 1 rings (SSSR count). The van der Waals surface area contributed by atoms with Crippen LogP contribution < -0.4 is 0 Å².